The SMILES string of the molecule is Cc1ccccc1NC(=S)NCc1cccc(Cl)c1. The maximum absolute atomic E-state index is 5.93. The third-order valence-electron chi connectivity index (χ3n) is 2.74. The molecule has 2 N–H and O–H groups in total. The predicted octanol–water partition coefficient (Wildman–Crippen LogP) is 4.14. The first-order chi connectivity index (χ1) is 9.15. The minimum atomic E-state index is 0.606. The highest BCUT2D eigenvalue weighted by Crippen LogP contribution is 2.13. The monoisotopic (exact) mass is 290 g/mol. The van der Waals surface area contributed by atoms with Crippen LogP contribution in [0.1, 0.15) is 11.1 Å². The molecule has 0 amide bonds. The maximum Gasteiger partial charge on any atom is 0.171 e. The number of thiocarbonyl (C=S) groups is 1. The zero-order chi connectivity index (χ0) is 13.7. The summed E-state index contributed by atoms with van der Waals surface area (Å²) in [5.41, 5.74) is 3.28. The second kappa shape index (κ2) is 6.55. The quantitative estimate of drug-likeness (QED) is 0.831. The van der Waals surface area contributed by atoms with Crippen molar-refractivity contribution in [3.05, 3.63) is 64.7 Å². The van der Waals surface area contributed by atoms with Gasteiger partial charge in [0, 0.05) is 17.3 Å². The topological polar surface area (TPSA) is 24.1 Å². The van der Waals surface area contributed by atoms with Gasteiger partial charge in [-0.15, -0.1) is 0 Å². The van der Waals surface area contributed by atoms with E-state index in [1.807, 2.05) is 55.5 Å². The second-order valence-electron chi connectivity index (χ2n) is 4.25. The fourth-order valence-corrected chi connectivity index (χ4v) is 2.10. The first kappa shape index (κ1) is 13.8. The molecule has 19 heavy (non-hydrogen) atoms. The molecule has 0 aliphatic heterocycles. The minimum absolute atomic E-state index is 0.606. The van der Waals surface area contributed by atoms with Crippen LogP contribution in [0.15, 0.2) is 48.5 Å². The number of benzene rings is 2. The first-order valence-corrected chi connectivity index (χ1v) is 6.79. The summed E-state index contributed by atoms with van der Waals surface area (Å²) in [4.78, 5) is 0. The molecular formula is C15H15ClN2S. The Morgan fingerprint density at radius 3 is 2.68 bits per heavy atom. The molecule has 0 spiro atoms. The summed E-state index contributed by atoms with van der Waals surface area (Å²) in [6.07, 6.45) is 0. The van der Waals surface area contributed by atoms with Gasteiger partial charge in [-0.1, -0.05) is 41.9 Å². The summed E-state index contributed by atoms with van der Waals surface area (Å²) in [5.74, 6) is 0. The van der Waals surface area contributed by atoms with Crippen molar-refractivity contribution in [2.45, 2.75) is 13.5 Å². The average molecular weight is 291 g/mol. The number of anilines is 1. The number of hydrogen-bond donors (Lipinski definition) is 2. The molecule has 98 valence electrons. The molecule has 2 nitrogen and oxygen atoms in total. The van der Waals surface area contributed by atoms with Gasteiger partial charge in [-0.05, 0) is 48.5 Å². The zero-order valence-electron chi connectivity index (χ0n) is 10.6. The van der Waals surface area contributed by atoms with E-state index in [1.54, 1.807) is 0 Å². The number of hydrogen-bond acceptors (Lipinski definition) is 1. The third kappa shape index (κ3) is 4.23. The molecule has 2 aromatic carbocycles. The van der Waals surface area contributed by atoms with Crippen LogP contribution in [0.3, 0.4) is 0 Å². The van der Waals surface area contributed by atoms with E-state index in [0.29, 0.717) is 11.7 Å². The summed E-state index contributed by atoms with van der Waals surface area (Å²) in [5, 5.41) is 7.69. The highest BCUT2D eigenvalue weighted by atomic mass is 35.5. The Morgan fingerprint density at radius 1 is 1.16 bits per heavy atom. The lowest BCUT2D eigenvalue weighted by Gasteiger charge is -2.12. The highest BCUT2D eigenvalue weighted by molar-refractivity contribution is 7.80. The Balaban J connectivity index is 1.90. The van der Waals surface area contributed by atoms with Gasteiger partial charge in [0.2, 0.25) is 0 Å². The predicted molar refractivity (Wildman–Crippen MR) is 85.7 cm³/mol. The van der Waals surface area contributed by atoms with E-state index in [9.17, 15) is 0 Å². The molecule has 4 heteroatoms. The Kier molecular flexibility index (Phi) is 4.77. The third-order valence-corrected chi connectivity index (χ3v) is 3.22. The van der Waals surface area contributed by atoms with Crippen LogP contribution in [0.2, 0.25) is 5.02 Å². The summed E-state index contributed by atoms with van der Waals surface area (Å²) in [7, 11) is 0. The van der Waals surface area contributed by atoms with Gasteiger partial charge >= 0.3 is 0 Å². The van der Waals surface area contributed by atoms with E-state index in [4.69, 9.17) is 23.8 Å². The number of aryl methyl sites for hydroxylation is 1. The fourth-order valence-electron chi connectivity index (χ4n) is 1.71. The average Bonchev–Trinajstić information content (AvgIpc) is 2.39. The van der Waals surface area contributed by atoms with Gasteiger partial charge in [-0.2, -0.15) is 0 Å². The van der Waals surface area contributed by atoms with E-state index >= 15 is 0 Å². The van der Waals surface area contributed by atoms with Crippen LogP contribution in [-0.4, -0.2) is 5.11 Å². The van der Waals surface area contributed by atoms with Crippen LogP contribution in [0.5, 0.6) is 0 Å². The molecule has 0 fully saturated rings. The standard InChI is InChI=1S/C15H15ClN2S/c1-11-5-2-3-8-14(11)18-15(19)17-10-12-6-4-7-13(16)9-12/h2-9H,10H2,1H3,(H2,17,18,19). The van der Waals surface area contributed by atoms with Crippen LogP contribution in [0.25, 0.3) is 0 Å². The Morgan fingerprint density at radius 2 is 1.95 bits per heavy atom. The van der Waals surface area contributed by atoms with Crippen LogP contribution >= 0.6 is 23.8 Å². The molecule has 0 saturated carbocycles. The van der Waals surface area contributed by atoms with Crippen molar-refractivity contribution in [2.75, 3.05) is 5.32 Å². The lowest BCUT2D eigenvalue weighted by molar-refractivity contribution is 0.926. The van der Waals surface area contributed by atoms with Gasteiger partial charge < -0.3 is 10.6 Å². The normalized spacial score (nSPS) is 10.0. The van der Waals surface area contributed by atoms with Gasteiger partial charge in [0.25, 0.3) is 0 Å². The summed E-state index contributed by atoms with van der Waals surface area (Å²) < 4.78 is 0. The molecule has 0 saturated heterocycles. The van der Waals surface area contributed by atoms with Crippen molar-refractivity contribution in [1.82, 2.24) is 5.32 Å². The van der Waals surface area contributed by atoms with E-state index in [-0.39, 0.29) is 0 Å². The second-order valence-corrected chi connectivity index (χ2v) is 5.10. The molecule has 0 aliphatic carbocycles. The van der Waals surface area contributed by atoms with Crippen molar-refractivity contribution >= 4 is 34.6 Å². The minimum Gasteiger partial charge on any atom is -0.358 e. The molecule has 0 radical (unpaired) electrons. The number of nitrogens with one attached hydrogen (secondary N) is 2. The molecule has 2 rings (SSSR count). The largest absolute Gasteiger partial charge is 0.358 e. The summed E-state index contributed by atoms with van der Waals surface area (Å²) in [6, 6.07) is 15.7. The van der Waals surface area contributed by atoms with Gasteiger partial charge in [0.15, 0.2) is 5.11 Å². The Bertz CT molecular complexity index is 584. The van der Waals surface area contributed by atoms with Crippen molar-refractivity contribution in [3.8, 4) is 0 Å². The van der Waals surface area contributed by atoms with Gasteiger partial charge in [-0.3, -0.25) is 0 Å². The summed E-state index contributed by atoms with van der Waals surface area (Å²) in [6.45, 7) is 2.69. The number of para-hydroxylation sites is 1. The molecular weight excluding hydrogens is 276 g/mol. The van der Waals surface area contributed by atoms with Crippen molar-refractivity contribution in [3.63, 3.8) is 0 Å². The van der Waals surface area contributed by atoms with Gasteiger partial charge in [-0.25, -0.2) is 0 Å². The van der Waals surface area contributed by atoms with Crippen LogP contribution in [0.4, 0.5) is 5.69 Å². The van der Waals surface area contributed by atoms with Crippen molar-refractivity contribution in [2.24, 2.45) is 0 Å². The van der Waals surface area contributed by atoms with E-state index in [1.165, 1.54) is 0 Å². The molecule has 0 bridgehead atoms. The Hall–Kier alpha value is -1.58. The van der Waals surface area contributed by atoms with E-state index in [0.717, 1.165) is 21.8 Å². The molecule has 2 aromatic rings. The molecule has 0 unspecified atom stereocenters. The molecule has 0 aliphatic rings. The van der Waals surface area contributed by atoms with E-state index < -0.39 is 0 Å². The maximum atomic E-state index is 5.93. The van der Waals surface area contributed by atoms with E-state index in [2.05, 4.69) is 10.6 Å². The highest BCUT2D eigenvalue weighted by Gasteiger charge is 2.00. The Labute approximate surface area is 123 Å². The van der Waals surface area contributed by atoms with Crippen LogP contribution < -0.4 is 10.6 Å². The number of rotatable bonds is 3. The smallest absolute Gasteiger partial charge is 0.171 e. The van der Waals surface area contributed by atoms with Gasteiger partial charge in [0.1, 0.15) is 0 Å². The van der Waals surface area contributed by atoms with Crippen LogP contribution in [0, 0.1) is 6.92 Å². The van der Waals surface area contributed by atoms with Gasteiger partial charge in [0.05, 0.1) is 0 Å². The van der Waals surface area contributed by atoms with Crippen LogP contribution in [-0.2, 0) is 6.54 Å². The summed E-state index contributed by atoms with van der Waals surface area (Å²) >= 11 is 11.2. The lowest BCUT2D eigenvalue weighted by atomic mass is 10.2. The fraction of sp³-hybridized carbons (Fsp3) is 0.133. The zero-order valence-corrected chi connectivity index (χ0v) is 12.2. The molecule has 0 heterocycles. The first-order valence-electron chi connectivity index (χ1n) is 6.00. The number of halogens is 1. The van der Waals surface area contributed by atoms with Crippen molar-refractivity contribution in [1.29, 1.82) is 0 Å². The molecule has 0 atom stereocenters. The molecule has 0 aromatic heterocycles. The van der Waals surface area contributed by atoms with Crippen molar-refractivity contribution < 1.29 is 0 Å². The lowest BCUT2D eigenvalue weighted by Crippen LogP contribution is -2.28.